The van der Waals surface area contributed by atoms with Gasteiger partial charge in [0.1, 0.15) is 11.3 Å². The van der Waals surface area contributed by atoms with Gasteiger partial charge in [-0.25, -0.2) is 4.79 Å². The molecular weight excluding hydrogens is 360 g/mol. The molecule has 0 saturated carbocycles. The summed E-state index contributed by atoms with van der Waals surface area (Å²) in [6.07, 6.45) is -0.862. The molecule has 0 aliphatic carbocycles. The Labute approximate surface area is 160 Å². The Bertz CT molecular complexity index is 1150. The molecule has 7 nitrogen and oxygen atoms in total. The third-order valence-corrected chi connectivity index (χ3v) is 4.67. The molecule has 4 rings (SSSR count). The molecule has 0 spiro atoms. The van der Waals surface area contributed by atoms with Gasteiger partial charge in [-0.2, -0.15) is 0 Å². The van der Waals surface area contributed by atoms with Gasteiger partial charge in [0.2, 0.25) is 5.91 Å². The molecule has 7 heteroatoms. The predicted molar refractivity (Wildman–Crippen MR) is 105 cm³/mol. The number of carbonyl (C=O) groups excluding carboxylic acids is 2. The van der Waals surface area contributed by atoms with Crippen molar-refractivity contribution < 1.29 is 18.7 Å². The zero-order valence-corrected chi connectivity index (χ0v) is 15.4. The molecule has 2 amide bonds. The maximum atomic E-state index is 12.7. The fourth-order valence-corrected chi connectivity index (χ4v) is 3.29. The third-order valence-electron chi connectivity index (χ3n) is 4.67. The van der Waals surface area contributed by atoms with E-state index in [-0.39, 0.29) is 12.5 Å². The summed E-state index contributed by atoms with van der Waals surface area (Å²) in [5.74, 6) is -0.0872. The second-order valence-corrected chi connectivity index (χ2v) is 6.65. The van der Waals surface area contributed by atoms with E-state index in [2.05, 4.69) is 5.32 Å². The molecule has 0 bridgehead atoms. The van der Waals surface area contributed by atoms with Crippen molar-refractivity contribution in [1.82, 2.24) is 0 Å². The summed E-state index contributed by atoms with van der Waals surface area (Å²) >= 11 is 0. The van der Waals surface area contributed by atoms with E-state index in [1.54, 1.807) is 36.4 Å². The summed E-state index contributed by atoms with van der Waals surface area (Å²) in [4.78, 5) is 37.9. The van der Waals surface area contributed by atoms with Crippen LogP contribution in [0.5, 0.6) is 5.75 Å². The highest BCUT2D eigenvalue weighted by Gasteiger charge is 2.32. The monoisotopic (exact) mass is 378 g/mol. The van der Waals surface area contributed by atoms with Gasteiger partial charge in [0.25, 0.3) is 5.91 Å². The number of hydrogen-bond acceptors (Lipinski definition) is 5. The van der Waals surface area contributed by atoms with Crippen molar-refractivity contribution in [3.8, 4) is 5.75 Å². The molecule has 2 aromatic carbocycles. The number of rotatable bonds is 2. The molecule has 1 unspecified atom stereocenters. The normalized spacial score (nSPS) is 15.6. The van der Waals surface area contributed by atoms with Crippen molar-refractivity contribution >= 4 is 34.2 Å². The van der Waals surface area contributed by atoms with Crippen LogP contribution in [-0.4, -0.2) is 24.5 Å². The highest BCUT2D eigenvalue weighted by molar-refractivity contribution is 6.00. The van der Waals surface area contributed by atoms with Gasteiger partial charge < -0.3 is 19.4 Å². The number of para-hydroxylation sites is 2. The second kappa shape index (κ2) is 6.84. The number of amides is 2. The molecule has 3 aromatic rings. The van der Waals surface area contributed by atoms with Gasteiger partial charge in [0, 0.05) is 30.1 Å². The largest absolute Gasteiger partial charge is 0.476 e. The van der Waals surface area contributed by atoms with Gasteiger partial charge in [-0.15, -0.1) is 0 Å². The number of carbonyl (C=O) groups is 2. The molecule has 1 aromatic heterocycles. The van der Waals surface area contributed by atoms with Crippen molar-refractivity contribution in [1.29, 1.82) is 0 Å². The first-order valence-corrected chi connectivity index (χ1v) is 8.81. The lowest BCUT2D eigenvalue weighted by molar-refractivity contribution is -0.123. The summed E-state index contributed by atoms with van der Waals surface area (Å²) in [5, 5.41) is 3.56. The zero-order chi connectivity index (χ0) is 19.8. The summed E-state index contributed by atoms with van der Waals surface area (Å²) in [6, 6.07) is 13.6. The number of nitrogens with zero attached hydrogens (tertiary/aromatic N) is 1. The fourth-order valence-electron chi connectivity index (χ4n) is 3.29. The van der Waals surface area contributed by atoms with E-state index >= 15 is 0 Å². The lowest BCUT2D eigenvalue weighted by Gasteiger charge is -2.33. The first-order valence-electron chi connectivity index (χ1n) is 8.81. The van der Waals surface area contributed by atoms with Gasteiger partial charge in [-0.3, -0.25) is 9.59 Å². The van der Waals surface area contributed by atoms with Crippen molar-refractivity contribution in [2.75, 3.05) is 16.8 Å². The molecule has 2 heterocycles. The number of fused-ring (bicyclic) bond motifs is 2. The van der Waals surface area contributed by atoms with Crippen LogP contribution in [0.2, 0.25) is 0 Å². The number of anilines is 2. The molecule has 1 N–H and O–H groups in total. The molecule has 142 valence electrons. The van der Waals surface area contributed by atoms with E-state index < -0.39 is 17.6 Å². The minimum Gasteiger partial charge on any atom is -0.476 e. The van der Waals surface area contributed by atoms with Crippen LogP contribution in [0.3, 0.4) is 0 Å². The van der Waals surface area contributed by atoms with Gasteiger partial charge in [-0.1, -0.05) is 12.1 Å². The molecule has 0 fully saturated rings. The molecule has 1 aliphatic heterocycles. The summed E-state index contributed by atoms with van der Waals surface area (Å²) < 4.78 is 11.0. The maximum Gasteiger partial charge on any atom is 0.336 e. The van der Waals surface area contributed by atoms with Gasteiger partial charge in [0.15, 0.2) is 6.10 Å². The number of ether oxygens (including phenoxy) is 1. The van der Waals surface area contributed by atoms with Crippen molar-refractivity contribution in [2.24, 2.45) is 0 Å². The van der Waals surface area contributed by atoms with E-state index in [0.717, 1.165) is 10.9 Å². The highest BCUT2D eigenvalue weighted by Crippen LogP contribution is 2.33. The summed E-state index contributed by atoms with van der Waals surface area (Å²) in [7, 11) is 0. The topological polar surface area (TPSA) is 88.9 Å². The van der Waals surface area contributed by atoms with E-state index in [4.69, 9.17) is 9.15 Å². The van der Waals surface area contributed by atoms with E-state index in [9.17, 15) is 14.4 Å². The quantitative estimate of drug-likeness (QED) is 0.693. The van der Waals surface area contributed by atoms with E-state index in [0.29, 0.717) is 22.7 Å². The standard InChI is InChI=1S/C21H18N2O5/c1-12-9-20(25)28-18-10-14(7-8-15(12)18)22-21(26)19-11-23(13(2)24)16-5-3-4-6-17(16)27-19/h3-10,19H,11H2,1-2H3,(H,22,26). The zero-order valence-electron chi connectivity index (χ0n) is 15.4. The minimum absolute atomic E-state index is 0.111. The third kappa shape index (κ3) is 3.22. The SMILES string of the molecule is CC(=O)N1CC(C(=O)Nc2ccc3c(C)cc(=O)oc3c2)Oc2ccccc21. The van der Waals surface area contributed by atoms with Crippen molar-refractivity contribution in [3.63, 3.8) is 0 Å². The van der Waals surface area contributed by atoms with Crippen LogP contribution in [0.15, 0.2) is 57.7 Å². The molecular formula is C21H18N2O5. The van der Waals surface area contributed by atoms with Crippen LogP contribution in [0, 0.1) is 6.92 Å². The van der Waals surface area contributed by atoms with Crippen LogP contribution in [-0.2, 0) is 9.59 Å². The molecule has 28 heavy (non-hydrogen) atoms. The average Bonchev–Trinajstić information content (AvgIpc) is 2.66. The Morgan fingerprint density at radius 2 is 1.93 bits per heavy atom. The Morgan fingerprint density at radius 1 is 1.14 bits per heavy atom. The van der Waals surface area contributed by atoms with E-state index in [1.807, 2.05) is 13.0 Å². The van der Waals surface area contributed by atoms with Crippen LogP contribution < -0.4 is 20.6 Å². The smallest absolute Gasteiger partial charge is 0.336 e. The number of aryl methyl sites for hydroxylation is 1. The maximum absolute atomic E-state index is 12.7. The predicted octanol–water partition coefficient (Wildman–Crippen LogP) is 2.85. The molecule has 0 saturated heterocycles. The lowest BCUT2D eigenvalue weighted by Crippen LogP contribution is -2.48. The van der Waals surface area contributed by atoms with Crippen LogP contribution in [0.25, 0.3) is 11.0 Å². The van der Waals surface area contributed by atoms with Crippen molar-refractivity contribution in [3.05, 3.63) is 64.5 Å². The number of nitrogens with one attached hydrogen (secondary N) is 1. The van der Waals surface area contributed by atoms with Crippen molar-refractivity contribution in [2.45, 2.75) is 20.0 Å². The van der Waals surface area contributed by atoms with E-state index in [1.165, 1.54) is 17.9 Å². The molecule has 0 radical (unpaired) electrons. The Hall–Kier alpha value is -3.61. The first kappa shape index (κ1) is 17.8. The average molecular weight is 378 g/mol. The Kier molecular flexibility index (Phi) is 4.35. The second-order valence-electron chi connectivity index (χ2n) is 6.65. The summed E-state index contributed by atoms with van der Waals surface area (Å²) in [5.41, 5.74) is 1.86. The Morgan fingerprint density at radius 3 is 2.71 bits per heavy atom. The fraction of sp³-hybridized carbons (Fsp3) is 0.190. The number of benzene rings is 2. The van der Waals surface area contributed by atoms with Crippen LogP contribution in [0.1, 0.15) is 12.5 Å². The van der Waals surface area contributed by atoms with Gasteiger partial charge >= 0.3 is 5.63 Å². The number of hydrogen-bond donors (Lipinski definition) is 1. The first-order chi connectivity index (χ1) is 13.4. The van der Waals surface area contributed by atoms with Crippen LogP contribution in [0.4, 0.5) is 11.4 Å². The van der Waals surface area contributed by atoms with Gasteiger partial charge in [-0.05, 0) is 36.8 Å². The Balaban J connectivity index is 1.59. The molecule has 1 aliphatic rings. The van der Waals surface area contributed by atoms with Crippen LogP contribution >= 0.6 is 0 Å². The highest BCUT2D eigenvalue weighted by atomic mass is 16.5. The molecule has 1 atom stereocenters. The minimum atomic E-state index is -0.862. The summed E-state index contributed by atoms with van der Waals surface area (Å²) in [6.45, 7) is 3.38. The van der Waals surface area contributed by atoms with Gasteiger partial charge in [0.05, 0.1) is 12.2 Å². The lowest BCUT2D eigenvalue weighted by atomic mass is 10.1.